The van der Waals surface area contributed by atoms with Crippen molar-refractivity contribution >= 4 is 59.8 Å². The molecule has 0 saturated heterocycles. The molecule has 58 valence electrons. The second-order valence-electron chi connectivity index (χ2n) is 1.68. The van der Waals surface area contributed by atoms with Crippen molar-refractivity contribution in [2.75, 3.05) is 6.61 Å². The van der Waals surface area contributed by atoms with Crippen LogP contribution in [0, 0.1) is 0 Å². The van der Waals surface area contributed by atoms with Gasteiger partial charge in [0.1, 0.15) is 0 Å². The van der Waals surface area contributed by atoms with Crippen LogP contribution in [0.15, 0.2) is 0 Å². The van der Waals surface area contributed by atoms with Crippen LogP contribution < -0.4 is 0 Å². The summed E-state index contributed by atoms with van der Waals surface area (Å²) in [5.41, 5.74) is 0. The van der Waals surface area contributed by atoms with Crippen LogP contribution in [-0.2, 0) is 9.09 Å². The van der Waals surface area contributed by atoms with Crippen LogP contribution >= 0.6 is 30.3 Å². The normalized spacial score (nSPS) is 10.7. The first-order chi connectivity index (χ1) is 4.06. The Hall–Kier alpha value is 1.89. The molecule has 10 heavy (non-hydrogen) atoms. The summed E-state index contributed by atoms with van der Waals surface area (Å²) in [7, 11) is 0. The molecule has 6 heteroatoms. The van der Waals surface area contributed by atoms with Crippen molar-refractivity contribution in [2.45, 2.75) is 19.8 Å². The predicted octanol–water partition coefficient (Wildman–Crippen LogP) is 2.12. The molecular formula is C4H12NaO2PS2. The van der Waals surface area contributed by atoms with Gasteiger partial charge in [0, 0.05) is 0 Å². The molecule has 0 unspecified atom stereocenters. The summed E-state index contributed by atoms with van der Waals surface area (Å²) < 4.78 is 15.3. The van der Waals surface area contributed by atoms with Crippen LogP contribution in [0.25, 0.3) is 0 Å². The third kappa shape index (κ3) is 12.6. The average Bonchev–Trinajstić information content (AvgIpc) is 1.63. The van der Waals surface area contributed by atoms with Crippen molar-refractivity contribution in [3.8, 4) is 0 Å². The molecule has 2 nitrogen and oxygen atoms in total. The molecule has 0 rings (SSSR count). The zero-order valence-corrected chi connectivity index (χ0v) is 7.96. The van der Waals surface area contributed by atoms with E-state index in [-0.39, 0.29) is 29.6 Å². The summed E-state index contributed by atoms with van der Waals surface area (Å²) >= 11 is 7.25. The summed E-state index contributed by atoms with van der Waals surface area (Å²) in [5, 5.41) is 0. The number of rotatable bonds is 4. The topological polar surface area (TPSA) is 26.3 Å². The third-order valence-electron chi connectivity index (χ3n) is 0.757. The Balaban J connectivity index is 0. The van der Waals surface area contributed by atoms with Crippen molar-refractivity contribution < 1.29 is 9.09 Å². The summed E-state index contributed by atoms with van der Waals surface area (Å²) in [6, 6.07) is 0. The van der Waals surface area contributed by atoms with Crippen molar-refractivity contribution in [3.63, 3.8) is 0 Å². The van der Waals surface area contributed by atoms with E-state index in [1.165, 1.54) is 0 Å². The van der Waals surface area contributed by atoms with E-state index in [1.807, 2.05) is 6.92 Å². The van der Waals surface area contributed by atoms with E-state index in [0.717, 1.165) is 12.8 Å². The fourth-order valence-corrected chi connectivity index (χ4v) is 1.18. The van der Waals surface area contributed by atoms with E-state index in [0.29, 0.717) is 6.61 Å². The van der Waals surface area contributed by atoms with Crippen molar-refractivity contribution in [2.24, 2.45) is 0 Å². The van der Waals surface area contributed by atoms with Crippen molar-refractivity contribution in [1.29, 1.82) is 0 Å². The third-order valence-corrected chi connectivity index (χ3v) is 1.97. The Morgan fingerprint density at radius 1 is 1.50 bits per heavy atom. The Morgan fingerprint density at radius 3 is 2.30 bits per heavy atom. The fourth-order valence-electron chi connectivity index (χ4n) is 0.328. The van der Waals surface area contributed by atoms with Crippen molar-refractivity contribution in [3.05, 3.63) is 0 Å². The molecule has 0 N–H and O–H groups in total. The molecule has 0 atom stereocenters. The first-order valence-electron chi connectivity index (χ1n) is 2.76. The predicted molar refractivity (Wildman–Crippen MR) is 53.6 cm³/mol. The summed E-state index contributed by atoms with van der Waals surface area (Å²) in [5.74, 6) is -2.81. The average molecular weight is 210 g/mol. The molecule has 0 aromatic heterocycles. The zero-order valence-electron chi connectivity index (χ0n) is 5.28. The molecule has 0 amide bonds. The first kappa shape index (κ1) is 14.4. The molecule has 0 saturated carbocycles. The zero-order chi connectivity index (χ0) is 7.33. The van der Waals surface area contributed by atoms with Crippen LogP contribution in [0.4, 0.5) is 0 Å². The quantitative estimate of drug-likeness (QED) is 0.322. The Morgan fingerprint density at radius 2 is 2.00 bits per heavy atom. The minimum absolute atomic E-state index is 0. The van der Waals surface area contributed by atoms with Gasteiger partial charge in [0.2, 0.25) is 0 Å². The van der Waals surface area contributed by atoms with Crippen LogP contribution in [0.2, 0.25) is 0 Å². The second-order valence-corrected chi connectivity index (χ2v) is 7.02. The van der Waals surface area contributed by atoms with Crippen molar-refractivity contribution in [1.82, 2.24) is 0 Å². The maximum absolute atomic E-state index is 10.6. The molecule has 0 fully saturated rings. The molecule has 0 aliphatic rings. The van der Waals surface area contributed by atoms with Gasteiger partial charge in [-0.25, -0.2) is 0 Å². The Bertz CT molecular complexity index is 116. The van der Waals surface area contributed by atoms with Gasteiger partial charge >= 0.3 is 35.3 Å². The van der Waals surface area contributed by atoms with Gasteiger partial charge < -0.3 is 4.52 Å². The van der Waals surface area contributed by atoms with Crippen LogP contribution in [0.5, 0.6) is 0 Å². The number of thiol groups is 2. The summed E-state index contributed by atoms with van der Waals surface area (Å²) in [6.45, 7) is 2.52. The monoisotopic (exact) mass is 210 g/mol. The van der Waals surface area contributed by atoms with Gasteiger partial charge in [-0.1, -0.05) is 37.8 Å². The number of hydrogen-bond acceptors (Lipinski definition) is 2. The molecule has 0 radical (unpaired) electrons. The van der Waals surface area contributed by atoms with Gasteiger partial charge in [0.05, 0.1) is 6.61 Å². The molecule has 0 heterocycles. The van der Waals surface area contributed by atoms with Gasteiger partial charge in [-0.15, -0.1) is 0 Å². The molecule has 0 aliphatic heterocycles. The van der Waals surface area contributed by atoms with Crippen LogP contribution in [-0.4, -0.2) is 36.2 Å². The number of unbranched alkanes of at least 4 members (excludes halogenated alkanes) is 1. The molecule has 0 spiro atoms. The molecule has 0 aromatic rings. The van der Waals surface area contributed by atoms with Gasteiger partial charge in [0.15, 0.2) is 0 Å². The molecular weight excluding hydrogens is 198 g/mol. The summed E-state index contributed by atoms with van der Waals surface area (Å²) in [6.07, 6.45) is 1.94. The Labute approximate surface area is 94.5 Å². The van der Waals surface area contributed by atoms with Gasteiger partial charge in [0.25, 0.3) is 0 Å². The standard InChI is InChI=1S/C4H11O2PS2.Na.H/c1-2-3-4-6-7(5,8)9;;/h2-4H2,1H3,(H2,5,8,9);;. The SMILES string of the molecule is CCCCOP(=O)(S)S.[NaH]. The van der Waals surface area contributed by atoms with E-state index in [2.05, 4.69) is 24.5 Å². The van der Waals surface area contributed by atoms with E-state index < -0.39 is 5.77 Å². The van der Waals surface area contributed by atoms with Crippen LogP contribution in [0.3, 0.4) is 0 Å². The fraction of sp³-hybridized carbons (Fsp3) is 1.00. The van der Waals surface area contributed by atoms with Gasteiger partial charge in [-0.3, -0.25) is 4.57 Å². The van der Waals surface area contributed by atoms with E-state index >= 15 is 0 Å². The van der Waals surface area contributed by atoms with Gasteiger partial charge in [-0.2, -0.15) is 0 Å². The first-order valence-corrected chi connectivity index (χ1v) is 6.69. The minimum atomic E-state index is -2.81. The molecule has 0 bridgehead atoms. The molecule has 0 aromatic carbocycles. The van der Waals surface area contributed by atoms with E-state index in [9.17, 15) is 4.57 Å². The number of hydrogen-bond donors (Lipinski definition) is 2. The van der Waals surface area contributed by atoms with Crippen LogP contribution in [0.1, 0.15) is 19.8 Å². The maximum atomic E-state index is 10.6. The Kier molecular flexibility index (Phi) is 10.9. The van der Waals surface area contributed by atoms with Gasteiger partial charge in [-0.05, 0) is 6.42 Å². The van der Waals surface area contributed by atoms with E-state index in [4.69, 9.17) is 4.52 Å². The second kappa shape index (κ2) is 7.53. The summed E-state index contributed by atoms with van der Waals surface area (Å²) in [4.78, 5) is 0. The molecule has 0 aliphatic carbocycles. The van der Waals surface area contributed by atoms with E-state index in [1.54, 1.807) is 0 Å².